The molecular weight excluding hydrogens is 182 g/mol. The van der Waals surface area contributed by atoms with E-state index in [2.05, 4.69) is 21.6 Å². The third-order valence-electron chi connectivity index (χ3n) is 1.44. The zero-order chi connectivity index (χ0) is 10.4. The van der Waals surface area contributed by atoms with Crippen LogP contribution in [0.25, 0.3) is 0 Å². The molecule has 0 aliphatic heterocycles. The Hall–Kier alpha value is -2.02. The van der Waals surface area contributed by atoms with E-state index in [1.165, 1.54) is 14.2 Å². The smallest absolute Gasteiger partial charge is 0.384 e. The second kappa shape index (κ2) is 4.87. The van der Waals surface area contributed by atoms with Gasteiger partial charge in [0.15, 0.2) is 0 Å². The summed E-state index contributed by atoms with van der Waals surface area (Å²) in [7, 11) is 2.80. The predicted molar refractivity (Wildman–Crippen MR) is 49.7 cm³/mol. The summed E-state index contributed by atoms with van der Waals surface area (Å²) in [5.74, 6) is 4.82. The van der Waals surface area contributed by atoms with Gasteiger partial charge in [-0.2, -0.15) is 0 Å². The van der Waals surface area contributed by atoms with E-state index in [1.807, 2.05) is 0 Å². The average molecular weight is 191 g/mol. The quantitative estimate of drug-likeness (QED) is 0.482. The number of esters is 1. The Morgan fingerprint density at radius 2 is 2.29 bits per heavy atom. The van der Waals surface area contributed by atoms with Crippen molar-refractivity contribution < 1.29 is 14.3 Å². The Morgan fingerprint density at radius 1 is 1.50 bits per heavy atom. The second-order valence-corrected chi connectivity index (χ2v) is 2.33. The van der Waals surface area contributed by atoms with E-state index in [0.717, 1.165) is 0 Å². The topological polar surface area (TPSA) is 48.4 Å². The third kappa shape index (κ3) is 2.79. The van der Waals surface area contributed by atoms with Crippen LogP contribution in [-0.4, -0.2) is 25.2 Å². The van der Waals surface area contributed by atoms with E-state index in [1.54, 1.807) is 18.3 Å². The Kier molecular flexibility index (Phi) is 3.50. The number of carbonyl (C=O) groups excluding carboxylic acids is 1. The first-order chi connectivity index (χ1) is 6.76. The molecule has 1 rings (SSSR count). The van der Waals surface area contributed by atoms with Crippen LogP contribution in [0.2, 0.25) is 0 Å². The van der Waals surface area contributed by atoms with Crippen LogP contribution in [0, 0.1) is 11.8 Å². The van der Waals surface area contributed by atoms with Crippen LogP contribution in [0.3, 0.4) is 0 Å². The van der Waals surface area contributed by atoms with Crippen molar-refractivity contribution in [1.29, 1.82) is 0 Å². The zero-order valence-electron chi connectivity index (χ0n) is 7.90. The number of aromatic nitrogens is 1. The fraction of sp³-hybridized carbons (Fsp3) is 0.200. The molecule has 14 heavy (non-hydrogen) atoms. The van der Waals surface area contributed by atoms with Crippen molar-refractivity contribution in [3.05, 3.63) is 23.9 Å². The Bertz CT molecular complexity index is 390. The van der Waals surface area contributed by atoms with Crippen molar-refractivity contribution in [1.82, 2.24) is 4.98 Å². The molecule has 0 spiro atoms. The lowest BCUT2D eigenvalue weighted by molar-refractivity contribution is -0.133. The highest BCUT2D eigenvalue weighted by Crippen LogP contribution is 2.06. The lowest BCUT2D eigenvalue weighted by Gasteiger charge is -1.96. The fourth-order valence-corrected chi connectivity index (χ4v) is 0.773. The minimum atomic E-state index is -0.569. The van der Waals surface area contributed by atoms with E-state index in [-0.39, 0.29) is 0 Å². The summed E-state index contributed by atoms with van der Waals surface area (Å²) in [6.07, 6.45) is 1.56. The number of rotatable bonds is 1. The fourth-order valence-electron chi connectivity index (χ4n) is 0.773. The zero-order valence-corrected chi connectivity index (χ0v) is 7.90. The van der Waals surface area contributed by atoms with Crippen LogP contribution < -0.4 is 4.74 Å². The number of methoxy groups -OCH3 is 2. The number of pyridine rings is 1. The van der Waals surface area contributed by atoms with Gasteiger partial charge in [0.25, 0.3) is 0 Å². The molecule has 4 heteroatoms. The van der Waals surface area contributed by atoms with E-state index in [0.29, 0.717) is 11.4 Å². The molecule has 0 aromatic carbocycles. The molecule has 0 bridgehead atoms. The van der Waals surface area contributed by atoms with Gasteiger partial charge in [0.1, 0.15) is 0 Å². The monoisotopic (exact) mass is 191 g/mol. The van der Waals surface area contributed by atoms with E-state index in [9.17, 15) is 4.79 Å². The molecule has 0 unspecified atom stereocenters. The molecule has 0 fully saturated rings. The highest BCUT2D eigenvalue weighted by atomic mass is 16.5. The summed E-state index contributed by atoms with van der Waals surface area (Å²) in [6, 6.07) is 3.31. The van der Waals surface area contributed by atoms with Gasteiger partial charge in [0.05, 0.1) is 14.2 Å². The van der Waals surface area contributed by atoms with E-state index >= 15 is 0 Å². The molecule has 4 nitrogen and oxygen atoms in total. The number of hydrogen-bond acceptors (Lipinski definition) is 4. The minimum absolute atomic E-state index is 0.460. The maximum absolute atomic E-state index is 10.7. The number of hydrogen-bond donors (Lipinski definition) is 0. The summed E-state index contributed by atoms with van der Waals surface area (Å²) in [6.45, 7) is 0. The SMILES string of the molecule is COC(=O)C#Cc1ccnc(OC)c1. The van der Waals surface area contributed by atoms with Gasteiger partial charge >= 0.3 is 5.97 Å². The molecule has 1 aromatic rings. The van der Waals surface area contributed by atoms with Crippen LogP contribution in [0.15, 0.2) is 18.3 Å². The van der Waals surface area contributed by atoms with Crippen LogP contribution in [0.1, 0.15) is 5.56 Å². The first-order valence-electron chi connectivity index (χ1n) is 3.86. The van der Waals surface area contributed by atoms with Gasteiger partial charge in [0.2, 0.25) is 5.88 Å². The molecule has 0 N–H and O–H groups in total. The molecule has 72 valence electrons. The summed E-state index contributed by atoms with van der Waals surface area (Å²) < 4.78 is 9.26. The molecule has 0 atom stereocenters. The highest BCUT2D eigenvalue weighted by molar-refractivity contribution is 5.88. The molecule has 0 radical (unpaired) electrons. The van der Waals surface area contributed by atoms with Gasteiger partial charge in [0, 0.05) is 23.7 Å². The van der Waals surface area contributed by atoms with E-state index < -0.39 is 5.97 Å². The summed E-state index contributed by atoms with van der Waals surface area (Å²) >= 11 is 0. The normalized spacial score (nSPS) is 8.43. The van der Waals surface area contributed by atoms with Gasteiger partial charge in [-0.1, -0.05) is 5.92 Å². The van der Waals surface area contributed by atoms with Gasteiger partial charge in [-0.3, -0.25) is 0 Å². The molecule has 0 aliphatic rings. The largest absolute Gasteiger partial charge is 0.481 e. The molecule has 0 saturated carbocycles. The van der Waals surface area contributed by atoms with Gasteiger partial charge in [-0.25, -0.2) is 9.78 Å². The molecule has 0 amide bonds. The first kappa shape index (κ1) is 10.1. The van der Waals surface area contributed by atoms with Crippen LogP contribution >= 0.6 is 0 Å². The van der Waals surface area contributed by atoms with Crippen molar-refractivity contribution in [2.45, 2.75) is 0 Å². The summed E-state index contributed by atoms with van der Waals surface area (Å²) in [5, 5.41) is 0. The van der Waals surface area contributed by atoms with Gasteiger partial charge in [-0.15, -0.1) is 0 Å². The average Bonchev–Trinajstić information content (AvgIpc) is 2.26. The van der Waals surface area contributed by atoms with Crippen LogP contribution in [0.4, 0.5) is 0 Å². The number of carbonyl (C=O) groups is 1. The summed E-state index contributed by atoms with van der Waals surface area (Å²) in [4.78, 5) is 14.6. The predicted octanol–water partition coefficient (Wildman–Crippen LogP) is 0.615. The Labute approximate surface area is 81.9 Å². The van der Waals surface area contributed by atoms with Gasteiger partial charge < -0.3 is 9.47 Å². The molecule has 1 aromatic heterocycles. The van der Waals surface area contributed by atoms with Crippen molar-refractivity contribution in [3.63, 3.8) is 0 Å². The standard InChI is InChI=1S/C10H9NO3/c1-13-9-7-8(5-6-11-9)3-4-10(12)14-2/h5-7H,1-2H3. The lowest BCUT2D eigenvalue weighted by Crippen LogP contribution is -1.94. The van der Waals surface area contributed by atoms with Crippen molar-refractivity contribution >= 4 is 5.97 Å². The van der Waals surface area contributed by atoms with E-state index in [4.69, 9.17) is 4.74 Å². The first-order valence-corrected chi connectivity index (χ1v) is 3.86. The Balaban J connectivity index is 2.84. The molecule has 0 saturated heterocycles. The lowest BCUT2D eigenvalue weighted by atomic mass is 10.3. The van der Waals surface area contributed by atoms with Crippen molar-refractivity contribution in [2.24, 2.45) is 0 Å². The van der Waals surface area contributed by atoms with Crippen molar-refractivity contribution in [2.75, 3.05) is 14.2 Å². The molecule has 0 aliphatic carbocycles. The van der Waals surface area contributed by atoms with Crippen molar-refractivity contribution in [3.8, 4) is 17.7 Å². The maximum Gasteiger partial charge on any atom is 0.384 e. The highest BCUT2D eigenvalue weighted by Gasteiger charge is 1.94. The number of ether oxygens (including phenoxy) is 2. The van der Waals surface area contributed by atoms with Crippen LogP contribution in [0.5, 0.6) is 5.88 Å². The van der Waals surface area contributed by atoms with Gasteiger partial charge in [-0.05, 0) is 6.07 Å². The minimum Gasteiger partial charge on any atom is -0.481 e. The molecule has 1 heterocycles. The number of nitrogens with zero attached hydrogens (tertiary/aromatic N) is 1. The maximum atomic E-state index is 10.7. The Morgan fingerprint density at radius 3 is 2.93 bits per heavy atom. The summed E-state index contributed by atoms with van der Waals surface area (Å²) in [5.41, 5.74) is 0.655. The van der Waals surface area contributed by atoms with Crippen LogP contribution in [-0.2, 0) is 9.53 Å². The third-order valence-corrected chi connectivity index (χ3v) is 1.44. The molecular formula is C10H9NO3. The second-order valence-electron chi connectivity index (χ2n) is 2.33.